The molecular weight excluding hydrogens is 340 g/mol. The third-order valence-corrected chi connectivity index (χ3v) is 10.1. The molecule has 0 spiro atoms. The fourth-order valence-corrected chi connectivity index (χ4v) is 8.48. The summed E-state index contributed by atoms with van der Waals surface area (Å²) in [6.45, 7) is 5.23. The van der Waals surface area contributed by atoms with Crippen LogP contribution in [0.15, 0.2) is 11.6 Å². The quantitative estimate of drug-likeness (QED) is 0.614. The summed E-state index contributed by atoms with van der Waals surface area (Å²) in [5, 5.41) is 32.6. The van der Waals surface area contributed by atoms with Gasteiger partial charge >= 0.3 is 0 Å². The van der Waals surface area contributed by atoms with Crippen molar-refractivity contribution in [3.05, 3.63) is 11.6 Å². The number of aliphatic hydroxyl groups excluding tert-OH is 2. The molecule has 5 rings (SSSR count). The average Bonchev–Trinajstić information content (AvgIpc) is 3.16. The van der Waals surface area contributed by atoms with Crippen LogP contribution in [0.1, 0.15) is 71.6 Å². The van der Waals surface area contributed by atoms with Gasteiger partial charge in [-0.1, -0.05) is 19.9 Å². The Morgan fingerprint density at radius 3 is 2.52 bits per heavy atom. The molecule has 0 amide bonds. The predicted octanol–water partition coefficient (Wildman–Crippen LogP) is 3.40. The highest BCUT2D eigenvalue weighted by Gasteiger charge is 2.67. The van der Waals surface area contributed by atoms with E-state index in [0.29, 0.717) is 24.4 Å². The molecule has 9 atom stereocenters. The van der Waals surface area contributed by atoms with Crippen LogP contribution in [0.5, 0.6) is 0 Å². The van der Waals surface area contributed by atoms with E-state index in [1.165, 1.54) is 6.42 Å². The maximum atomic E-state index is 12.1. The Morgan fingerprint density at radius 2 is 1.78 bits per heavy atom. The molecule has 8 unspecified atom stereocenters. The van der Waals surface area contributed by atoms with Crippen molar-refractivity contribution in [1.29, 1.82) is 0 Å². The minimum Gasteiger partial charge on any atom is -0.393 e. The summed E-state index contributed by atoms with van der Waals surface area (Å²) in [5.74, 6) is 1.78. The molecule has 4 heteroatoms. The van der Waals surface area contributed by atoms with Crippen molar-refractivity contribution in [2.75, 3.05) is 6.61 Å². The monoisotopic (exact) mass is 376 g/mol. The second kappa shape index (κ2) is 6.04. The van der Waals surface area contributed by atoms with Crippen LogP contribution in [0.2, 0.25) is 0 Å². The number of aliphatic hydroxyl groups is 3. The zero-order valence-electron chi connectivity index (χ0n) is 16.9. The Balaban J connectivity index is 1.47. The van der Waals surface area contributed by atoms with E-state index in [9.17, 15) is 15.3 Å². The van der Waals surface area contributed by atoms with E-state index in [0.717, 1.165) is 56.9 Å². The van der Waals surface area contributed by atoms with Crippen LogP contribution >= 0.6 is 0 Å². The molecule has 4 aliphatic carbocycles. The van der Waals surface area contributed by atoms with Gasteiger partial charge in [-0.3, -0.25) is 0 Å². The van der Waals surface area contributed by atoms with Crippen molar-refractivity contribution >= 4 is 0 Å². The van der Waals surface area contributed by atoms with Gasteiger partial charge in [-0.05, 0) is 92.4 Å². The highest BCUT2D eigenvalue weighted by atomic mass is 16.6. The molecule has 0 aromatic heterocycles. The van der Waals surface area contributed by atoms with E-state index >= 15 is 0 Å². The first-order chi connectivity index (χ1) is 12.8. The van der Waals surface area contributed by atoms with Gasteiger partial charge in [-0.2, -0.15) is 0 Å². The van der Waals surface area contributed by atoms with Crippen molar-refractivity contribution in [2.24, 2.45) is 34.5 Å². The first-order valence-corrected chi connectivity index (χ1v) is 11.2. The number of hydrogen-bond donors (Lipinski definition) is 3. The number of fused-ring (bicyclic) bond motifs is 5. The van der Waals surface area contributed by atoms with Gasteiger partial charge in [-0.15, -0.1) is 0 Å². The van der Waals surface area contributed by atoms with E-state index < -0.39 is 11.9 Å². The average molecular weight is 377 g/mol. The molecule has 0 aromatic rings. The van der Waals surface area contributed by atoms with Gasteiger partial charge in [0.25, 0.3) is 0 Å². The zero-order valence-corrected chi connectivity index (χ0v) is 16.9. The molecular formula is C23H36O4. The van der Waals surface area contributed by atoms with Crippen molar-refractivity contribution < 1.29 is 20.1 Å². The molecule has 0 bridgehead atoms. The molecule has 27 heavy (non-hydrogen) atoms. The standard InChI is InChI=1S/C23H36O4/c1-21-9-5-15(24)13-14(21)3-4-19-18(21)6-10-22(2)17(7-11-23(19,22)26)16-8-12-27-20(16)25/h8,14-15,17-20,24-26H,3-7,9-13H2,1-2H3/t14?,15?,17-,18?,19?,20?,21?,22?,23?/m1/s1. The summed E-state index contributed by atoms with van der Waals surface area (Å²) in [5.41, 5.74) is 0.499. The van der Waals surface area contributed by atoms with E-state index in [1.807, 2.05) is 0 Å². The van der Waals surface area contributed by atoms with E-state index in [-0.39, 0.29) is 22.9 Å². The molecule has 1 heterocycles. The maximum Gasteiger partial charge on any atom is 0.177 e. The van der Waals surface area contributed by atoms with Crippen LogP contribution in [0.25, 0.3) is 0 Å². The van der Waals surface area contributed by atoms with Crippen molar-refractivity contribution in [2.45, 2.75) is 89.6 Å². The van der Waals surface area contributed by atoms with Gasteiger partial charge in [0.2, 0.25) is 0 Å². The third kappa shape index (κ3) is 2.36. The first kappa shape index (κ1) is 18.6. The lowest BCUT2D eigenvalue weighted by molar-refractivity contribution is -0.209. The molecule has 0 radical (unpaired) electrons. The Bertz CT molecular complexity index is 646. The lowest BCUT2D eigenvalue weighted by Crippen LogP contribution is -2.62. The Kier molecular flexibility index (Phi) is 4.16. The van der Waals surface area contributed by atoms with Gasteiger partial charge < -0.3 is 20.1 Å². The second-order valence-electron chi connectivity index (χ2n) is 10.8. The van der Waals surface area contributed by atoms with Crippen LogP contribution in [0.3, 0.4) is 0 Å². The fourth-order valence-electron chi connectivity index (χ4n) is 8.48. The molecule has 0 saturated heterocycles. The maximum absolute atomic E-state index is 12.1. The summed E-state index contributed by atoms with van der Waals surface area (Å²) in [6.07, 6.45) is 10.4. The molecule has 4 fully saturated rings. The van der Waals surface area contributed by atoms with Gasteiger partial charge in [-0.25, -0.2) is 0 Å². The summed E-state index contributed by atoms with van der Waals surface area (Å²) in [7, 11) is 0. The number of ether oxygens (including phenoxy) is 1. The van der Waals surface area contributed by atoms with Gasteiger partial charge in [0, 0.05) is 5.41 Å². The lowest BCUT2D eigenvalue weighted by atomic mass is 9.43. The van der Waals surface area contributed by atoms with Crippen LogP contribution in [-0.2, 0) is 4.74 Å². The Morgan fingerprint density at radius 1 is 0.963 bits per heavy atom. The highest BCUT2D eigenvalue weighted by molar-refractivity contribution is 5.26. The van der Waals surface area contributed by atoms with Gasteiger partial charge in [0.1, 0.15) is 0 Å². The highest BCUT2D eigenvalue weighted by Crippen LogP contribution is 2.70. The van der Waals surface area contributed by atoms with Crippen LogP contribution in [-0.4, -0.2) is 39.9 Å². The zero-order chi connectivity index (χ0) is 19.0. The smallest absolute Gasteiger partial charge is 0.177 e. The molecule has 152 valence electrons. The Labute approximate surface area is 163 Å². The topological polar surface area (TPSA) is 69.9 Å². The minimum absolute atomic E-state index is 0.122. The molecule has 4 saturated carbocycles. The summed E-state index contributed by atoms with van der Waals surface area (Å²) >= 11 is 0. The lowest BCUT2D eigenvalue weighted by Gasteiger charge is -2.63. The predicted molar refractivity (Wildman–Crippen MR) is 103 cm³/mol. The first-order valence-electron chi connectivity index (χ1n) is 11.2. The van der Waals surface area contributed by atoms with Gasteiger partial charge in [0.05, 0.1) is 18.3 Å². The van der Waals surface area contributed by atoms with E-state index in [2.05, 4.69) is 19.9 Å². The molecule has 4 nitrogen and oxygen atoms in total. The third-order valence-electron chi connectivity index (χ3n) is 10.1. The molecule has 3 N–H and O–H groups in total. The normalized spacial score (nSPS) is 57.6. The molecule has 0 aromatic carbocycles. The fraction of sp³-hybridized carbons (Fsp3) is 0.913. The largest absolute Gasteiger partial charge is 0.393 e. The Hall–Kier alpha value is -0.420. The summed E-state index contributed by atoms with van der Waals surface area (Å²) in [4.78, 5) is 0. The number of hydrogen-bond acceptors (Lipinski definition) is 4. The molecule has 5 aliphatic rings. The van der Waals surface area contributed by atoms with Gasteiger partial charge in [0.15, 0.2) is 6.29 Å². The number of rotatable bonds is 1. The van der Waals surface area contributed by atoms with Crippen LogP contribution in [0.4, 0.5) is 0 Å². The summed E-state index contributed by atoms with van der Waals surface area (Å²) in [6, 6.07) is 0. The van der Waals surface area contributed by atoms with Crippen molar-refractivity contribution in [3.63, 3.8) is 0 Å². The summed E-state index contributed by atoms with van der Waals surface area (Å²) < 4.78 is 5.40. The van der Waals surface area contributed by atoms with Crippen molar-refractivity contribution in [3.8, 4) is 0 Å². The van der Waals surface area contributed by atoms with E-state index in [1.54, 1.807) is 0 Å². The van der Waals surface area contributed by atoms with Crippen LogP contribution in [0, 0.1) is 34.5 Å². The minimum atomic E-state index is -0.778. The SMILES string of the molecule is CC12CCC(O)CC1CCC1C2CCC2(C)[C@@H](C3=CCOC3O)CCC12O. The van der Waals surface area contributed by atoms with Crippen molar-refractivity contribution in [1.82, 2.24) is 0 Å². The van der Waals surface area contributed by atoms with E-state index in [4.69, 9.17) is 4.74 Å². The second-order valence-corrected chi connectivity index (χ2v) is 10.8. The molecule has 1 aliphatic heterocycles. The van der Waals surface area contributed by atoms with Crippen LogP contribution < -0.4 is 0 Å².